The lowest BCUT2D eigenvalue weighted by atomic mass is 10.0. The maximum absolute atomic E-state index is 5.94. The summed E-state index contributed by atoms with van der Waals surface area (Å²) in [4.78, 5) is 6.78. The van der Waals surface area contributed by atoms with Crippen molar-refractivity contribution in [1.82, 2.24) is 10.2 Å². The second-order valence-electron chi connectivity index (χ2n) is 7.06. The highest BCUT2D eigenvalue weighted by atomic mass is 16.5. The van der Waals surface area contributed by atoms with Crippen LogP contribution in [0.4, 0.5) is 0 Å². The third-order valence-electron chi connectivity index (χ3n) is 5.16. The van der Waals surface area contributed by atoms with Gasteiger partial charge in [0, 0.05) is 33.3 Å². The Morgan fingerprint density at radius 2 is 2.08 bits per heavy atom. The van der Waals surface area contributed by atoms with Gasteiger partial charge in [-0.3, -0.25) is 4.99 Å². The van der Waals surface area contributed by atoms with Crippen molar-refractivity contribution in [3.63, 3.8) is 0 Å². The van der Waals surface area contributed by atoms with Crippen LogP contribution in [-0.4, -0.2) is 63.0 Å². The number of hydrogen-bond donors (Lipinski definition) is 1. The van der Waals surface area contributed by atoms with Crippen molar-refractivity contribution in [3.05, 3.63) is 34.9 Å². The van der Waals surface area contributed by atoms with Gasteiger partial charge in [0.05, 0.1) is 12.7 Å². The molecule has 0 spiro atoms. The summed E-state index contributed by atoms with van der Waals surface area (Å²) in [6, 6.07) is 6.67. The number of aryl methyl sites for hydroxylation is 2. The van der Waals surface area contributed by atoms with Crippen LogP contribution < -0.4 is 5.32 Å². The van der Waals surface area contributed by atoms with E-state index in [9.17, 15) is 0 Å². The van der Waals surface area contributed by atoms with Crippen LogP contribution in [0.5, 0.6) is 0 Å². The van der Waals surface area contributed by atoms with Crippen LogP contribution >= 0.6 is 0 Å². The van der Waals surface area contributed by atoms with Crippen molar-refractivity contribution in [2.75, 3.05) is 39.9 Å². The van der Waals surface area contributed by atoms with Crippen molar-refractivity contribution in [2.24, 2.45) is 4.99 Å². The van der Waals surface area contributed by atoms with E-state index in [0.717, 1.165) is 58.1 Å². The number of ether oxygens (including phenoxy) is 2. The topological polar surface area (TPSA) is 46.1 Å². The lowest BCUT2D eigenvalue weighted by Gasteiger charge is -2.37. The normalized spacial score (nSPS) is 24.6. The highest BCUT2D eigenvalue weighted by molar-refractivity contribution is 5.80. The van der Waals surface area contributed by atoms with E-state index in [-0.39, 0.29) is 12.2 Å². The first-order chi connectivity index (χ1) is 12.2. The monoisotopic (exact) mass is 345 g/mol. The van der Waals surface area contributed by atoms with Crippen molar-refractivity contribution >= 4 is 5.96 Å². The van der Waals surface area contributed by atoms with Gasteiger partial charge in [-0.1, -0.05) is 23.8 Å². The lowest BCUT2D eigenvalue weighted by Crippen LogP contribution is -2.53. The molecule has 25 heavy (non-hydrogen) atoms. The number of aliphatic imine (C=N–C) groups is 1. The Kier molecular flexibility index (Phi) is 6.32. The minimum atomic E-state index is 0.161. The third-order valence-corrected chi connectivity index (χ3v) is 5.16. The number of morpholine rings is 1. The average Bonchev–Trinajstić information content (AvgIpc) is 3.15. The van der Waals surface area contributed by atoms with Crippen molar-refractivity contribution < 1.29 is 9.47 Å². The van der Waals surface area contributed by atoms with Crippen LogP contribution in [0, 0.1) is 13.8 Å². The fraction of sp³-hybridized carbons (Fsp3) is 0.650. The first-order valence-corrected chi connectivity index (χ1v) is 9.42. The number of nitrogens with zero attached hydrogens (tertiary/aromatic N) is 2. The van der Waals surface area contributed by atoms with Crippen LogP contribution in [0.25, 0.3) is 0 Å². The molecule has 0 aliphatic carbocycles. The van der Waals surface area contributed by atoms with E-state index in [1.807, 2.05) is 7.05 Å². The molecule has 2 aliphatic heterocycles. The van der Waals surface area contributed by atoms with Crippen molar-refractivity contribution in [2.45, 2.75) is 45.3 Å². The Bertz CT molecular complexity index is 597. The molecule has 0 amide bonds. The molecule has 1 aromatic carbocycles. The van der Waals surface area contributed by atoms with Crippen LogP contribution in [0.3, 0.4) is 0 Å². The van der Waals surface area contributed by atoms with Crippen molar-refractivity contribution in [3.8, 4) is 0 Å². The van der Waals surface area contributed by atoms with E-state index < -0.39 is 0 Å². The highest BCUT2D eigenvalue weighted by Crippen LogP contribution is 2.21. The van der Waals surface area contributed by atoms with Crippen LogP contribution in [-0.2, 0) is 15.9 Å². The zero-order chi connectivity index (χ0) is 17.6. The molecule has 1 N–H and O–H groups in total. The Morgan fingerprint density at radius 3 is 2.80 bits per heavy atom. The molecule has 1 aromatic rings. The number of rotatable bonds is 4. The van der Waals surface area contributed by atoms with Crippen LogP contribution in [0.1, 0.15) is 29.5 Å². The summed E-state index contributed by atoms with van der Waals surface area (Å²) in [5.74, 6) is 0.969. The maximum atomic E-state index is 5.94. The van der Waals surface area contributed by atoms with Gasteiger partial charge in [-0.25, -0.2) is 0 Å². The minimum absolute atomic E-state index is 0.161. The van der Waals surface area contributed by atoms with Crippen LogP contribution in [0.2, 0.25) is 0 Å². The molecule has 3 rings (SSSR count). The molecule has 2 fully saturated rings. The summed E-state index contributed by atoms with van der Waals surface area (Å²) in [6.07, 6.45) is 3.67. The summed E-state index contributed by atoms with van der Waals surface area (Å²) < 4.78 is 11.7. The molecule has 2 atom stereocenters. The predicted octanol–water partition coefficient (Wildman–Crippen LogP) is 2.30. The minimum Gasteiger partial charge on any atom is -0.375 e. The van der Waals surface area contributed by atoms with Crippen molar-refractivity contribution in [1.29, 1.82) is 0 Å². The first-order valence-electron chi connectivity index (χ1n) is 9.42. The number of guanidine groups is 1. The van der Waals surface area contributed by atoms with Gasteiger partial charge in [0.1, 0.15) is 6.10 Å². The van der Waals surface area contributed by atoms with Gasteiger partial charge in [0.2, 0.25) is 0 Å². The van der Waals surface area contributed by atoms with Gasteiger partial charge in [-0.15, -0.1) is 0 Å². The van der Waals surface area contributed by atoms with Gasteiger partial charge in [0.15, 0.2) is 5.96 Å². The molecule has 0 radical (unpaired) electrons. The molecule has 2 aliphatic rings. The SMILES string of the molecule is CN=C(NCCc1ccc(C)cc1C)N1CCOC(C2CCCO2)C1. The Morgan fingerprint density at radius 1 is 1.24 bits per heavy atom. The molecule has 5 heteroatoms. The highest BCUT2D eigenvalue weighted by Gasteiger charge is 2.32. The van der Waals surface area contributed by atoms with E-state index in [4.69, 9.17) is 9.47 Å². The second-order valence-corrected chi connectivity index (χ2v) is 7.06. The summed E-state index contributed by atoms with van der Waals surface area (Å²) in [5.41, 5.74) is 4.08. The predicted molar refractivity (Wildman–Crippen MR) is 101 cm³/mol. The molecule has 0 saturated carbocycles. The Labute approximate surface area is 151 Å². The number of nitrogens with one attached hydrogen (secondary N) is 1. The van der Waals surface area contributed by atoms with E-state index in [1.165, 1.54) is 16.7 Å². The van der Waals surface area contributed by atoms with Gasteiger partial charge >= 0.3 is 0 Å². The van der Waals surface area contributed by atoms with E-state index in [0.29, 0.717) is 0 Å². The zero-order valence-electron chi connectivity index (χ0n) is 15.8. The third kappa shape index (κ3) is 4.73. The van der Waals surface area contributed by atoms with E-state index in [2.05, 4.69) is 47.3 Å². The van der Waals surface area contributed by atoms with Gasteiger partial charge in [-0.05, 0) is 44.2 Å². The summed E-state index contributed by atoms with van der Waals surface area (Å²) in [6.45, 7) is 8.56. The maximum Gasteiger partial charge on any atom is 0.193 e. The molecule has 2 heterocycles. The second kappa shape index (κ2) is 8.68. The fourth-order valence-corrected chi connectivity index (χ4v) is 3.76. The molecule has 0 bridgehead atoms. The smallest absolute Gasteiger partial charge is 0.193 e. The molecule has 2 unspecified atom stereocenters. The summed E-state index contributed by atoms with van der Waals surface area (Å²) in [5, 5.41) is 3.52. The lowest BCUT2D eigenvalue weighted by molar-refractivity contribution is -0.0816. The fourth-order valence-electron chi connectivity index (χ4n) is 3.76. The molecule has 138 valence electrons. The molecular weight excluding hydrogens is 314 g/mol. The number of benzene rings is 1. The van der Waals surface area contributed by atoms with E-state index >= 15 is 0 Å². The van der Waals surface area contributed by atoms with Gasteiger partial charge in [0.25, 0.3) is 0 Å². The number of hydrogen-bond acceptors (Lipinski definition) is 3. The first kappa shape index (κ1) is 18.2. The standard InChI is InChI=1S/C20H31N3O2/c1-15-6-7-17(16(2)13-15)8-9-22-20(21-3)23-10-12-25-19(14-23)18-5-4-11-24-18/h6-7,13,18-19H,4-5,8-12,14H2,1-3H3,(H,21,22). The Balaban J connectivity index is 1.51. The summed E-state index contributed by atoms with van der Waals surface area (Å²) in [7, 11) is 1.86. The average molecular weight is 345 g/mol. The molecule has 5 nitrogen and oxygen atoms in total. The largest absolute Gasteiger partial charge is 0.375 e. The van der Waals surface area contributed by atoms with Gasteiger partial charge < -0.3 is 19.7 Å². The molecule has 0 aromatic heterocycles. The molecular formula is C20H31N3O2. The summed E-state index contributed by atoms with van der Waals surface area (Å²) >= 11 is 0. The van der Waals surface area contributed by atoms with Gasteiger partial charge in [-0.2, -0.15) is 0 Å². The zero-order valence-corrected chi connectivity index (χ0v) is 15.8. The quantitative estimate of drug-likeness (QED) is 0.672. The Hall–Kier alpha value is -1.59. The van der Waals surface area contributed by atoms with E-state index in [1.54, 1.807) is 0 Å². The van der Waals surface area contributed by atoms with Crippen LogP contribution in [0.15, 0.2) is 23.2 Å². The molecule has 2 saturated heterocycles.